The number of amides is 1. The van der Waals surface area contributed by atoms with Gasteiger partial charge in [0.2, 0.25) is 5.91 Å². The smallest absolute Gasteiger partial charge is 0.225 e. The molecule has 2 aromatic rings. The molecule has 120 valence electrons. The maximum atomic E-state index is 13.8. The van der Waals surface area contributed by atoms with Crippen molar-refractivity contribution in [2.75, 3.05) is 19.5 Å². The van der Waals surface area contributed by atoms with Crippen LogP contribution < -0.4 is 14.8 Å². The molecular weight excluding hydrogens is 321 g/mol. The lowest BCUT2D eigenvalue weighted by Crippen LogP contribution is -2.23. The number of hydrogen-bond donors (Lipinski definition) is 1. The minimum atomic E-state index is -0.503. The van der Waals surface area contributed by atoms with Gasteiger partial charge >= 0.3 is 0 Å². The van der Waals surface area contributed by atoms with Crippen molar-refractivity contribution >= 4 is 23.2 Å². The van der Waals surface area contributed by atoms with Gasteiger partial charge in [-0.25, -0.2) is 4.39 Å². The zero-order chi connectivity index (χ0) is 16.6. The standard InChI is InChI=1S/C17H15ClFNO3/c1-22-15-6-11-10(9-3-4-12(18)13(19)5-9)7-17(21)20-14(11)8-16(15)23-2/h3-6,8,10H,7H2,1-2H3,(H,20,21)/t10-/m1/s1. The highest BCUT2D eigenvalue weighted by Crippen LogP contribution is 2.43. The van der Waals surface area contributed by atoms with Crippen molar-refractivity contribution in [1.82, 2.24) is 0 Å². The van der Waals surface area contributed by atoms with E-state index in [0.717, 1.165) is 5.56 Å². The number of rotatable bonds is 3. The zero-order valence-electron chi connectivity index (χ0n) is 12.7. The molecule has 1 N–H and O–H groups in total. The summed E-state index contributed by atoms with van der Waals surface area (Å²) in [5, 5.41) is 2.87. The van der Waals surface area contributed by atoms with E-state index in [1.165, 1.54) is 19.2 Å². The summed E-state index contributed by atoms with van der Waals surface area (Å²) in [6.45, 7) is 0. The fourth-order valence-corrected chi connectivity index (χ4v) is 2.93. The van der Waals surface area contributed by atoms with Crippen LogP contribution in [0, 0.1) is 5.82 Å². The first-order valence-electron chi connectivity index (χ1n) is 7.04. The Kier molecular flexibility index (Phi) is 4.13. The summed E-state index contributed by atoms with van der Waals surface area (Å²) in [5.74, 6) is 0.170. The highest BCUT2D eigenvalue weighted by molar-refractivity contribution is 6.30. The van der Waals surface area contributed by atoms with E-state index < -0.39 is 5.82 Å². The number of benzene rings is 2. The molecule has 23 heavy (non-hydrogen) atoms. The Morgan fingerprint density at radius 3 is 2.52 bits per heavy atom. The van der Waals surface area contributed by atoms with Crippen LogP contribution in [0.5, 0.6) is 11.5 Å². The van der Waals surface area contributed by atoms with Gasteiger partial charge in [0.1, 0.15) is 5.82 Å². The van der Waals surface area contributed by atoms with Crippen LogP contribution >= 0.6 is 11.6 Å². The molecule has 0 fully saturated rings. The van der Waals surface area contributed by atoms with Crippen molar-refractivity contribution in [3.63, 3.8) is 0 Å². The van der Waals surface area contributed by atoms with E-state index in [9.17, 15) is 9.18 Å². The van der Waals surface area contributed by atoms with E-state index in [4.69, 9.17) is 21.1 Å². The topological polar surface area (TPSA) is 47.6 Å². The second-order valence-corrected chi connectivity index (χ2v) is 5.68. The normalized spacial score (nSPS) is 16.5. The van der Waals surface area contributed by atoms with Gasteiger partial charge in [-0.1, -0.05) is 17.7 Å². The Labute approximate surface area is 138 Å². The molecule has 0 radical (unpaired) electrons. The summed E-state index contributed by atoms with van der Waals surface area (Å²) in [4.78, 5) is 12.0. The quantitative estimate of drug-likeness (QED) is 0.923. The number of fused-ring (bicyclic) bond motifs is 1. The van der Waals surface area contributed by atoms with Crippen LogP contribution in [0.15, 0.2) is 30.3 Å². The molecule has 4 nitrogen and oxygen atoms in total. The number of methoxy groups -OCH3 is 2. The molecule has 0 aliphatic carbocycles. The van der Waals surface area contributed by atoms with Crippen molar-refractivity contribution in [2.45, 2.75) is 12.3 Å². The molecule has 6 heteroatoms. The number of carbonyl (C=O) groups excluding carboxylic acids is 1. The molecule has 1 heterocycles. The molecule has 0 unspecified atom stereocenters. The van der Waals surface area contributed by atoms with Crippen LogP contribution in [0.1, 0.15) is 23.5 Å². The van der Waals surface area contributed by atoms with Crippen LogP contribution in [0.4, 0.5) is 10.1 Å². The predicted octanol–water partition coefficient (Wildman–Crippen LogP) is 3.97. The average molecular weight is 336 g/mol. The summed E-state index contributed by atoms with van der Waals surface area (Å²) < 4.78 is 24.4. The van der Waals surface area contributed by atoms with E-state index in [-0.39, 0.29) is 23.3 Å². The lowest BCUT2D eigenvalue weighted by molar-refractivity contribution is -0.116. The van der Waals surface area contributed by atoms with E-state index in [1.54, 1.807) is 19.2 Å². The summed E-state index contributed by atoms with van der Waals surface area (Å²) in [6, 6.07) is 8.12. The second-order valence-electron chi connectivity index (χ2n) is 5.27. The third-order valence-electron chi connectivity index (χ3n) is 3.94. The molecule has 0 saturated heterocycles. The summed E-state index contributed by atoms with van der Waals surface area (Å²) in [7, 11) is 3.07. The zero-order valence-corrected chi connectivity index (χ0v) is 13.4. The van der Waals surface area contributed by atoms with Gasteiger partial charge in [0.05, 0.1) is 19.2 Å². The molecular formula is C17H15ClFNO3. The third-order valence-corrected chi connectivity index (χ3v) is 4.25. The molecule has 1 atom stereocenters. The Morgan fingerprint density at radius 1 is 1.17 bits per heavy atom. The molecule has 2 aromatic carbocycles. The van der Waals surface area contributed by atoms with Crippen molar-refractivity contribution in [3.05, 3.63) is 52.3 Å². The Hall–Kier alpha value is -2.27. The van der Waals surface area contributed by atoms with Crippen LogP contribution in [-0.4, -0.2) is 20.1 Å². The highest BCUT2D eigenvalue weighted by Gasteiger charge is 2.28. The molecule has 0 aromatic heterocycles. The van der Waals surface area contributed by atoms with Gasteiger partial charge in [-0.3, -0.25) is 4.79 Å². The summed E-state index contributed by atoms with van der Waals surface area (Å²) >= 11 is 5.74. The molecule has 1 aliphatic heterocycles. The van der Waals surface area contributed by atoms with Gasteiger partial charge in [-0.2, -0.15) is 0 Å². The van der Waals surface area contributed by atoms with E-state index >= 15 is 0 Å². The van der Waals surface area contributed by atoms with Crippen LogP contribution in [0.25, 0.3) is 0 Å². The fourth-order valence-electron chi connectivity index (χ4n) is 2.81. The number of carbonyl (C=O) groups is 1. The first kappa shape index (κ1) is 15.6. The average Bonchev–Trinajstić information content (AvgIpc) is 2.55. The third kappa shape index (κ3) is 2.84. The predicted molar refractivity (Wildman–Crippen MR) is 86.0 cm³/mol. The molecule has 0 bridgehead atoms. The Bertz CT molecular complexity index is 779. The number of anilines is 1. The van der Waals surface area contributed by atoms with Gasteiger partial charge in [0.15, 0.2) is 11.5 Å². The van der Waals surface area contributed by atoms with Crippen LogP contribution in [0.3, 0.4) is 0 Å². The van der Waals surface area contributed by atoms with Crippen molar-refractivity contribution in [3.8, 4) is 11.5 Å². The van der Waals surface area contributed by atoms with Gasteiger partial charge < -0.3 is 14.8 Å². The molecule has 3 rings (SSSR count). The van der Waals surface area contributed by atoms with Crippen LogP contribution in [0.2, 0.25) is 5.02 Å². The van der Waals surface area contributed by atoms with Crippen molar-refractivity contribution in [2.24, 2.45) is 0 Å². The maximum absolute atomic E-state index is 13.8. The molecule has 0 saturated carbocycles. The SMILES string of the molecule is COc1cc2c(cc1OC)[C@@H](c1ccc(Cl)c(F)c1)CC(=O)N2. The lowest BCUT2D eigenvalue weighted by atomic mass is 9.84. The second kappa shape index (κ2) is 6.08. The summed E-state index contributed by atoms with van der Waals surface area (Å²) in [5.41, 5.74) is 2.18. The fraction of sp³-hybridized carbons (Fsp3) is 0.235. The number of halogens is 2. The van der Waals surface area contributed by atoms with Gasteiger partial charge in [0.25, 0.3) is 0 Å². The largest absolute Gasteiger partial charge is 0.493 e. The first-order chi connectivity index (χ1) is 11.0. The lowest BCUT2D eigenvalue weighted by Gasteiger charge is -2.27. The Morgan fingerprint density at radius 2 is 1.87 bits per heavy atom. The highest BCUT2D eigenvalue weighted by atomic mass is 35.5. The number of hydrogen-bond acceptors (Lipinski definition) is 3. The van der Waals surface area contributed by atoms with E-state index in [0.29, 0.717) is 22.7 Å². The molecule has 1 amide bonds. The van der Waals surface area contributed by atoms with Gasteiger partial charge in [0, 0.05) is 24.1 Å². The van der Waals surface area contributed by atoms with Crippen LogP contribution in [-0.2, 0) is 4.79 Å². The van der Waals surface area contributed by atoms with Crippen molar-refractivity contribution in [1.29, 1.82) is 0 Å². The van der Waals surface area contributed by atoms with Crippen molar-refractivity contribution < 1.29 is 18.7 Å². The van der Waals surface area contributed by atoms with E-state index in [2.05, 4.69) is 5.32 Å². The maximum Gasteiger partial charge on any atom is 0.225 e. The number of nitrogens with one attached hydrogen (secondary N) is 1. The summed E-state index contributed by atoms with van der Waals surface area (Å²) in [6.07, 6.45) is 0.226. The first-order valence-corrected chi connectivity index (χ1v) is 7.42. The Balaban J connectivity index is 2.13. The van der Waals surface area contributed by atoms with Gasteiger partial charge in [-0.15, -0.1) is 0 Å². The molecule has 1 aliphatic rings. The number of ether oxygens (including phenoxy) is 2. The minimum absolute atomic E-state index is 0.0570. The minimum Gasteiger partial charge on any atom is -0.493 e. The van der Waals surface area contributed by atoms with Gasteiger partial charge in [-0.05, 0) is 29.3 Å². The molecule has 0 spiro atoms. The van der Waals surface area contributed by atoms with E-state index in [1.807, 2.05) is 6.07 Å². The monoisotopic (exact) mass is 335 g/mol.